The number of rotatable bonds is 66. The van der Waals surface area contributed by atoms with Gasteiger partial charge in [0, 0.05) is 6.42 Å². The molecule has 1 amide bonds. The molecule has 0 aromatic heterocycles. The summed E-state index contributed by atoms with van der Waals surface area (Å²) in [5.41, 5.74) is 0. The average molecular weight is 1140 g/mol. The Morgan fingerprint density at radius 3 is 1.03 bits per heavy atom. The van der Waals surface area contributed by atoms with Gasteiger partial charge < -0.3 is 28.8 Å². The Balaban J connectivity index is 4.07. The molecule has 0 saturated heterocycles. The summed E-state index contributed by atoms with van der Waals surface area (Å²) in [6.07, 6.45) is 80.3. The number of unbranched alkanes of at least 4 members (excludes halogenated alkanes) is 51. The molecule has 0 aliphatic carbocycles. The summed E-state index contributed by atoms with van der Waals surface area (Å²) in [5.74, 6) is -0.198. The second-order valence-electron chi connectivity index (χ2n) is 25.6. The predicted molar refractivity (Wildman–Crippen MR) is 344 cm³/mol. The highest BCUT2D eigenvalue weighted by molar-refractivity contribution is 7.45. The van der Waals surface area contributed by atoms with E-state index in [1.165, 1.54) is 308 Å². The summed E-state index contributed by atoms with van der Waals surface area (Å²) in [6, 6.07) is -0.902. The van der Waals surface area contributed by atoms with Crippen molar-refractivity contribution < 1.29 is 32.9 Å². The number of quaternary nitrogens is 1. The molecule has 0 saturated carbocycles. The Kier molecular flexibility index (Phi) is 60.7. The van der Waals surface area contributed by atoms with E-state index in [1.807, 2.05) is 27.2 Å². The second kappa shape index (κ2) is 61.5. The zero-order valence-corrected chi connectivity index (χ0v) is 54.8. The Morgan fingerprint density at radius 1 is 0.430 bits per heavy atom. The first-order valence-electron chi connectivity index (χ1n) is 35.2. The highest BCUT2D eigenvalue weighted by atomic mass is 31.2. The molecular formula is C70H139N2O6P. The van der Waals surface area contributed by atoms with E-state index in [2.05, 4.69) is 31.3 Å². The molecule has 0 bridgehead atoms. The lowest BCUT2D eigenvalue weighted by atomic mass is 10.0. The van der Waals surface area contributed by atoms with Gasteiger partial charge in [0.2, 0.25) is 5.91 Å². The van der Waals surface area contributed by atoms with Crippen LogP contribution in [0.25, 0.3) is 0 Å². The Labute approximate surface area is 494 Å². The third-order valence-electron chi connectivity index (χ3n) is 16.4. The molecule has 8 nitrogen and oxygen atoms in total. The topological polar surface area (TPSA) is 108 Å². The lowest BCUT2D eigenvalue weighted by molar-refractivity contribution is -0.870. The fraction of sp³-hybridized carbons (Fsp3) is 0.929. The van der Waals surface area contributed by atoms with Crippen LogP contribution in [0.2, 0.25) is 0 Å². The van der Waals surface area contributed by atoms with Crippen molar-refractivity contribution in [1.29, 1.82) is 0 Å². The molecule has 3 unspecified atom stereocenters. The van der Waals surface area contributed by atoms with E-state index < -0.39 is 20.0 Å². The van der Waals surface area contributed by atoms with Crippen LogP contribution >= 0.6 is 7.82 Å². The molecule has 3 atom stereocenters. The number of hydrogen-bond acceptors (Lipinski definition) is 6. The Morgan fingerprint density at radius 2 is 0.709 bits per heavy atom. The number of phosphoric acid groups is 1. The maximum Gasteiger partial charge on any atom is 0.268 e. The minimum atomic E-state index is -4.61. The van der Waals surface area contributed by atoms with Gasteiger partial charge in [-0.1, -0.05) is 353 Å². The third-order valence-corrected chi connectivity index (χ3v) is 17.4. The van der Waals surface area contributed by atoms with Crippen molar-refractivity contribution in [3.8, 4) is 0 Å². The number of carbonyl (C=O) groups is 1. The normalized spacial score (nSPS) is 13.8. The predicted octanol–water partition coefficient (Wildman–Crippen LogP) is 21.6. The fourth-order valence-corrected chi connectivity index (χ4v) is 11.7. The van der Waals surface area contributed by atoms with Crippen LogP contribution in [0.15, 0.2) is 24.3 Å². The van der Waals surface area contributed by atoms with Crippen LogP contribution in [0.1, 0.15) is 367 Å². The molecular weight excluding hydrogens is 996 g/mol. The fourth-order valence-electron chi connectivity index (χ4n) is 10.9. The van der Waals surface area contributed by atoms with E-state index in [9.17, 15) is 19.4 Å². The molecule has 79 heavy (non-hydrogen) atoms. The second-order valence-corrected chi connectivity index (χ2v) is 27.0. The molecule has 0 aromatic carbocycles. The molecule has 0 heterocycles. The summed E-state index contributed by atoms with van der Waals surface area (Å²) in [4.78, 5) is 25.6. The SMILES string of the molecule is CCCCCCCCCCCCCCCCCCCCCCCCCC/C=C/CC/C=C/C(O)C(COP(=O)([O-])OCC[N+](C)(C)C)NC(=O)CCCCCCCCCCCCCCCCCCCCCCCCCCCCC. The number of aliphatic hydroxyl groups is 1. The number of amides is 1. The smallest absolute Gasteiger partial charge is 0.268 e. The van der Waals surface area contributed by atoms with Crippen molar-refractivity contribution in [1.82, 2.24) is 5.32 Å². The molecule has 2 N–H and O–H groups in total. The van der Waals surface area contributed by atoms with E-state index >= 15 is 0 Å². The van der Waals surface area contributed by atoms with E-state index in [1.54, 1.807) is 6.08 Å². The molecule has 0 aliphatic rings. The third kappa shape index (κ3) is 64.4. The number of nitrogens with zero attached hydrogens (tertiary/aromatic N) is 1. The maximum absolute atomic E-state index is 13.0. The van der Waals surface area contributed by atoms with Gasteiger partial charge in [-0.05, 0) is 32.1 Å². The van der Waals surface area contributed by atoms with Gasteiger partial charge in [0.1, 0.15) is 13.2 Å². The monoisotopic (exact) mass is 1140 g/mol. The van der Waals surface area contributed by atoms with Crippen molar-refractivity contribution in [3.05, 3.63) is 24.3 Å². The molecule has 0 aliphatic heterocycles. The van der Waals surface area contributed by atoms with Crippen LogP contribution in [0.3, 0.4) is 0 Å². The average Bonchev–Trinajstić information content (AvgIpc) is 3.42. The van der Waals surface area contributed by atoms with Gasteiger partial charge >= 0.3 is 0 Å². The number of likely N-dealkylation sites (N-methyl/N-ethyl adjacent to an activating group) is 1. The molecule has 0 radical (unpaired) electrons. The Bertz CT molecular complexity index is 1340. The van der Waals surface area contributed by atoms with Crippen molar-refractivity contribution in [2.24, 2.45) is 0 Å². The zero-order valence-electron chi connectivity index (χ0n) is 53.9. The van der Waals surface area contributed by atoms with Crippen molar-refractivity contribution in [3.63, 3.8) is 0 Å². The van der Waals surface area contributed by atoms with Gasteiger partial charge in [-0.2, -0.15) is 0 Å². The van der Waals surface area contributed by atoms with Crippen LogP contribution in [0.4, 0.5) is 0 Å². The zero-order chi connectivity index (χ0) is 57.7. The van der Waals surface area contributed by atoms with Crippen LogP contribution < -0.4 is 10.2 Å². The lowest BCUT2D eigenvalue weighted by Gasteiger charge is -2.29. The van der Waals surface area contributed by atoms with Gasteiger partial charge in [0.15, 0.2) is 0 Å². The standard InChI is InChI=1S/C70H139N2O6P/c1-6-8-10-12-14-16-18-20-22-24-26-28-30-32-34-35-36-38-39-41-43-45-47-49-51-53-55-57-59-61-63-69(73)68(67-78-79(75,76)77-66-65-72(3,4)5)71-70(74)64-62-60-58-56-54-52-50-48-46-44-42-40-37-33-31-29-27-25-23-21-19-17-15-13-11-9-7-2/h53,55,61,63,68-69,73H,6-52,54,56-60,62,64-67H2,1-5H3,(H-,71,74,75,76)/b55-53+,63-61+. The first kappa shape index (κ1) is 78.0. The number of nitrogens with one attached hydrogen (secondary N) is 1. The number of hydrogen-bond donors (Lipinski definition) is 2. The van der Waals surface area contributed by atoms with Gasteiger partial charge in [-0.25, -0.2) is 0 Å². The number of aliphatic hydroxyl groups excluding tert-OH is 1. The van der Waals surface area contributed by atoms with E-state index in [-0.39, 0.29) is 19.1 Å². The van der Waals surface area contributed by atoms with Gasteiger partial charge in [0.05, 0.1) is 39.9 Å². The molecule has 470 valence electrons. The summed E-state index contributed by atoms with van der Waals surface area (Å²) < 4.78 is 23.4. The van der Waals surface area contributed by atoms with Crippen LogP contribution in [-0.2, 0) is 18.4 Å². The quantitative estimate of drug-likeness (QED) is 0.0272. The van der Waals surface area contributed by atoms with E-state index in [0.29, 0.717) is 17.4 Å². The van der Waals surface area contributed by atoms with Crippen molar-refractivity contribution >= 4 is 13.7 Å². The molecule has 9 heteroatoms. The summed E-state index contributed by atoms with van der Waals surface area (Å²) in [7, 11) is 1.26. The Hall–Kier alpha value is -1.02. The minimum Gasteiger partial charge on any atom is -0.756 e. The number of phosphoric ester groups is 1. The van der Waals surface area contributed by atoms with Gasteiger partial charge in [0.25, 0.3) is 7.82 Å². The van der Waals surface area contributed by atoms with Crippen LogP contribution in [0.5, 0.6) is 0 Å². The minimum absolute atomic E-state index is 0.00339. The van der Waals surface area contributed by atoms with Crippen LogP contribution in [0, 0.1) is 0 Å². The van der Waals surface area contributed by atoms with Crippen molar-refractivity contribution in [2.75, 3.05) is 40.9 Å². The molecule has 0 aromatic rings. The highest BCUT2D eigenvalue weighted by Gasteiger charge is 2.23. The summed E-state index contributed by atoms with van der Waals surface area (Å²) in [5, 5.41) is 13.9. The van der Waals surface area contributed by atoms with Gasteiger partial charge in [-0.15, -0.1) is 0 Å². The van der Waals surface area contributed by atoms with Crippen LogP contribution in [-0.4, -0.2) is 68.5 Å². The molecule has 0 rings (SSSR count). The molecule has 0 fully saturated rings. The first-order chi connectivity index (χ1) is 38.5. The van der Waals surface area contributed by atoms with Gasteiger partial charge in [-0.3, -0.25) is 9.36 Å². The van der Waals surface area contributed by atoms with Crippen molar-refractivity contribution in [2.45, 2.75) is 379 Å². The molecule has 0 spiro atoms. The lowest BCUT2D eigenvalue weighted by Crippen LogP contribution is -2.45. The van der Waals surface area contributed by atoms with E-state index in [4.69, 9.17) is 9.05 Å². The highest BCUT2D eigenvalue weighted by Crippen LogP contribution is 2.38. The van der Waals surface area contributed by atoms with E-state index in [0.717, 1.165) is 38.5 Å². The summed E-state index contributed by atoms with van der Waals surface area (Å²) in [6.45, 7) is 4.70. The maximum atomic E-state index is 13.0. The number of carbonyl (C=O) groups excluding carboxylic acids is 1. The first-order valence-corrected chi connectivity index (χ1v) is 36.7. The number of allylic oxidation sites excluding steroid dienone is 3. The summed E-state index contributed by atoms with van der Waals surface area (Å²) >= 11 is 0. The largest absolute Gasteiger partial charge is 0.756 e.